The Morgan fingerprint density at radius 3 is 2.11 bits per heavy atom. The number of amides is 1. The first-order chi connectivity index (χ1) is 17.5. The second-order valence-corrected chi connectivity index (χ2v) is 9.47. The Morgan fingerprint density at radius 2 is 1.57 bits per heavy atom. The van der Waals surface area contributed by atoms with E-state index in [1.54, 1.807) is 11.6 Å². The second-order valence-electron chi connectivity index (χ2n) is 8.15. The minimum absolute atomic E-state index is 0.00674. The molecule has 196 valence electrons. The highest BCUT2D eigenvalue weighted by Gasteiger charge is 2.20. The minimum atomic E-state index is -0.650. The largest absolute Gasteiger partial charge is 0.483 e. The molecule has 3 rings (SSSR count). The molecule has 3 aromatic rings. The average molecular weight is 547 g/mol. The summed E-state index contributed by atoms with van der Waals surface area (Å²) in [5.41, 5.74) is 2.29. The van der Waals surface area contributed by atoms with Gasteiger partial charge < -0.3 is 24.1 Å². The number of halogens is 1. The number of thioether (sulfide) groups is 1. The highest BCUT2D eigenvalue weighted by Crippen LogP contribution is 2.29. The number of ether oxygens (including phenoxy) is 3. The standard InChI is InChI=1S/C25H27ClN4O6S/c1-13-7-19(8-14(2)21(13)26)36-15(3)22-28-29-25(30(22)4)37-12-20(31)27-18-10-16(23(32)34-5)9-17(11-18)24(33)35-6/h7-11,15H,12H2,1-6H3,(H,27,31). The number of hydrogen-bond acceptors (Lipinski definition) is 9. The lowest BCUT2D eigenvalue weighted by Crippen LogP contribution is -2.16. The van der Waals surface area contributed by atoms with E-state index in [0.29, 0.717) is 21.8 Å². The van der Waals surface area contributed by atoms with E-state index in [1.807, 2.05) is 32.9 Å². The first kappa shape index (κ1) is 28.0. The van der Waals surface area contributed by atoms with Crippen molar-refractivity contribution in [3.8, 4) is 5.75 Å². The maximum Gasteiger partial charge on any atom is 0.337 e. The molecule has 1 N–H and O–H groups in total. The molecule has 0 saturated carbocycles. The molecule has 1 heterocycles. The average Bonchev–Trinajstić information content (AvgIpc) is 3.24. The van der Waals surface area contributed by atoms with Crippen LogP contribution in [0.25, 0.3) is 0 Å². The van der Waals surface area contributed by atoms with Gasteiger partial charge in [0.15, 0.2) is 17.1 Å². The van der Waals surface area contributed by atoms with Gasteiger partial charge in [-0.2, -0.15) is 0 Å². The smallest absolute Gasteiger partial charge is 0.337 e. The normalized spacial score (nSPS) is 11.5. The second kappa shape index (κ2) is 12.1. The Balaban J connectivity index is 1.67. The summed E-state index contributed by atoms with van der Waals surface area (Å²) >= 11 is 7.42. The number of anilines is 1. The van der Waals surface area contributed by atoms with Crippen LogP contribution in [0, 0.1) is 13.8 Å². The van der Waals surface area contributed by atoms with Crippen molar-refractivity contribution >= 4 is 46.9 Å². The zero-order chi connectivity index (χ0) is 27.3. The van der Waals surface area contributed by atoms with Crippen LogP contribution in [0.2, 0.25) is 5.02 Å². The molecule has 0 aliphatic carbocycles. The van der Waals surface area contributed by atoms with E-state index in [-0.39, 0.29) is 28.5 Å². The van der Waals surface area contributed by atoms with E-state index in [2.05, 4.69) is 15.5 Å². The van der Waals surface area contributed by atoms with Gasteiger partial charge in [0.05, 0.1) is 31.1 Å². The topological polar surface area (TPSA) is 122 Å². The van der Waals surface area contributed by atoms with Crippen LogP contribution in [0.1, 0.15) is 50.7 Å². The summed E-state index contributed by atoms with van der Waals surface area (Å²) in [6.07, 6.45) is -0.404. The molecule has 1 aromatic heterocycles. The van der Waals surface area contributed by atoms with Gasteiger partial charge in [-0.15, -0.1) is 10.2 Å². The molecule has 0 fully saturated rings. The summed E-state index contributed by atoms with van der Waals surface area (Å²) in [6, 6.07) is 7.89. The molecule has 10 nitrogen and oxygen atoms in total. The van der Waals surface area contributed by atoms with E-state index in [0.717, 1.165) is 11.1 Å². The number of carbonyl (C=O) groups excluding carboxylic acids is 3. The lowest BCUT2D eigenvalue weighted by molar-refractivity contribution is -0.113. The Morgan fingerprint density at radius 1 is 1.00 bits per heavy atom. The van der Waals surface area contributed by atoms with Crippen LogP contribution in [-0.2, 0) is 21.3 Å². The van der Waals surface area contributed by atoms with E-state index in [1.165, 1.54) is 44.2 Å². The van der Waals surface area contributed by atoms with Crippen molar-refractivity contribution in [1.29, 1.82) is 0 Å². The van der Waals surface area contributed by atoms with Crippen molar-refractivity contribution in [2.45, 2.75) is 32.0 Å². The van der Waals surface area contributed by atoms with Crippen LogP contribution < -0.4 is 10.1 Å². The van der Waals surface area contributed by atoms with Gasteiger partial charge in [-0.05, 0) is 62.2 Å². The molecule has 0 saturated heterocycles. The number of rotatable bonds is 9. The zero-order valence-electron chi connectivity index (χ0n) is 21.2. The summed E-state index contributed by atoms with van der Waals surface area (Å²) < 4.78 is 17.2. The predicted molar refractivity (Wildman–Crippen MR) is 139 cm³/mol. The zero-order valence-corrected chi connectivity index (χ0v) is 22.8. The van der Waals surface area contributed by atoms with Gasteiger partial charge in [-0.3, -0.25) is 4.79 Å². The number of benzene rings is 2. The summed E-state index contributed by atoms with van der Waals surface area (Å²) in [4.78, 5) is 36.5. The third-order valence-electron chi connectivity index (χ3n) is 5.35. The van der Waals surface area contributed by atoms with Gasteiger partial charge in [0.1, 0.15) is 5.75 Å². The number of nitrogens with zero attached hydrogens (tertiary/aromatic N) is 3. The Kier molecular flexibility index (Phi) is 9.17. The van der Waals surface area contributed by atoms with Crippen molar-refractivity contribution in [1.82, 2.24) is 14.8 Å². The molecule has 0 radical (unpaired) electrons. The van der Waals surface area contributed by atoms with Crippen molar-refractivity contribution < 1.29 is 28.6 Å². The molecular formula is C25H27ClN4O6S. The first-order valence-electron chi connectivity index (χ1n) is 11.1. The summed E-state index contributed by atoms with van der Waals surface area (Å²) in [6.45, 7) is 5.69. The van der Waals surface area contributed by atoms with Crippen LogP contribution in [-0.4, -0.2) is 52.6 Å². The van der Waals surface area contributed by atoms with Crippen LogP contribution in [0.4, 0.5) is 5.69 Å². The fourth-order valence-electron chi connectivity index (χ4n) is 3.54. The fraction of sp³-hybridized carbons (Fsp3) is 0.320. The molecule has 1 amide bonds. The number of aromatic nitrogens is 3. The van der Waals surface area contributed by atoms with Gasteiger partial charge in [0.25, 0.3) is 0 Å². The summed E-state index contributed by atoms with van der Waals surface area (Å²) in [7, 11) is 4.23. The molecule has 2 aromatic carbocycles. The van der Waals surface area contributed by atoms with Gasteiger partial charge in [0.2, 0.25) is 5.91 Å². The maximum atomic E-state index is 12.6. The number of aryl methyl sites for hydroxylation is 2. The van der Waals surface area contributed by atoms with Gasteiger partial charge in [0, 0.05) is 17.8 Å². The molecule has 0 aliphatic heterocycles. The number of methoxy groups -OCH3 is 2. The molecule has 1 atom stereocenters. The highest BCUT2D eigenvalue weighted by molar-refractivity contribution is 7.99. The molecule has 0 bridgehead atoms. The fourth-order valence-corrected chi connectivity index (χ4v) is 4.36. The lowest BCUT2D eigenvalue weighted by Gasteiger charge is -2.16. The monoisotopic (exact) mass is 546 g/mol. The van der Waals surface area contributed by atoms with Crippen LogP contribution in [0.5, 0.6) is 5.75 Å². The molecule has 0 spiro atoms. The Hall–Kier alpha value is -3.57. The Bertz CT molecular complexity index is 1290. The number of nitrogens with one attached hydrogen (secondary N) is 1. The predicted octanol–water partition coefficient (Wildman–Crippen LogP) is 4.53. The van der Waals surface area contributed by atoms with Crippen LogP contribution in [0.15, 0.2) is 35.5 Å². The lowest BCUT2D eigenvalue weighted by atomic mass is 10.1. The van der Waals surface area contributed by atoms with E-state index < -0.39 is 18.0 Å². The van der Waals surface area contributed by atoms with Gasteiger partial charge in [-0.25, -0.2) is 9.59 Å². The van der Waals surface area contributed by atoms with Crippen molar-refractivity contribution in [3.63, 3.8) is 0 Å². The number of esters is 2. The maximum absolute atomic E-state index is 12.6. The van der Waals surface area contributed by atoms with Crippen LogP contribution >= 0.6 is 23.4 Å². The minimum Gasteiger partial charge on any atom is -0.483 e. The van der Waals surface area contributed by atoms with Crippen molar-refractivity contribution in [2.75, 3.05) is 25.3 Å². The highest BCUT2D eigenvalue weighted by atomic mass is 35.5. The first-order valence-corrected chi connectivity index (χ1v) is 12.5. The van der Waals surface area contributed by atoms with Crippen molar-refractivity contribution in [3.05, 3.63) is 63.4 Å². The van der Waals surface area contributed by atoms with E-state index in [9.17, 15) is 14.4 Å². The summed E-state index contributed by atoms with van der Waals surface area (Å²) in [5, 5.41) is 12.3. The molecule has 0 aliphatic rings. The summed E-state index contributed by atoms with van der Waals surface area (Å²) in [5.74, 6) is -0.410. The van der Waals surface area contributed by atoms with Crippen LogP contribution in [0.3, 0.4) is 0 Å². The SMILES string of the molecule is COC(=O)c1cc(NC(=O)CSc2nnc(C(C)Oc3cc(C)c(Cl)c(C)c3)n2C)cc(C(=O)OC)c1. The quantitative estimate of drug-likeness (QED) is 0.304. The molecule has 1 unspecified atom stereocenters. The number of carbonyl (C=O) groups is 3. The molecule has 37 heavy (non-hydrogen) atoms. The Labute approximate surface area is 223 Å². The molecule has 12 heteroatoms. The van der Waals surface area contributed by atoms with Crippen molar-refractivity contribution in [2.24, 2.45) is 7.05 Å². The van der Waals surface area contributed by atoms with E-state index >= 15 is 0 Å². The van der Waals surface area contributed by atoms with Gasteiger partial charge >= 0.3 is 11.9 Å². The third-order valence-corrected chi connectivity index (χ3v) is 6.96. The number of hydrogen-bond donors (Lipinski definition) is 1. The third kappa shape index (κ3) is 6.80. The van der Waals surface area contributed by atoms with Gasteiger partial charge in [-0.1, -0.05) is 23.4 Å². The van der Waals surface area contributed by atoms with E-state index in [4.69, 9.17) is 25.8 Å². The molecular weight excluding hydrogens is 520 g/mol.